The zero-order valence-corrected chi connectivity index (χ0v) is 21.3. The van der Waals surface area contributed by atoms with Gasteiger partial charge in [0.1, 0.15) is 11.9 Å². The van der Waals surface area contributed by atoms with Crippen molar-refractivity contribution in [3.05, 3.63) is 24.4 Å². The van der Waals surface area contributed by atoms with Gasteiger partial charge in [-0.1, -0.05) is 6.07 Å². The first-order chi connectivity index (χ1) is 17.0. The predicted octanol–water partition coefficient (Wildman–Crippen LogP) is 0.478. The molecule has 4 saturated heterocycles. The van der Waals surface area contributed by atoms with Crippen molar-refractivity contribution in [2.45, 2.75) is 56.3 Å². The van der Waals surface area contributed by atoms with E-state index >= 15 is 0 Å². The van der Waals surface area contributed by atoms with Crippen molar-refractivity contribution in [1.29, 1.82) is 0 Å². The first-order valence-electron chi connectivity index (χ1n) is 13.4. The van der Waals surface area contributed by atoms with E-state index in [1.54, 1.807) is 0 Å². The molecule has 1 aromatic rings. The Labute approximate surface area is 209 Å². The maximum absolute atomic E-state index is 13.2. The molecule has 0 radical (unpaired) electrons. The summed E-state index contributed by atoms with van der Waals surface area (Å²) >= 11 is 0. The van der Waals surface area contributed by atoms with Gasteiger partial charge in [0, 0.05) is 70.0 Å². The third-order valence-corrected chi connectivity index (χ3v) is 8.74. The molecule has 4 fully saturated rings. The van der Waals surface area contributed by atoms with Crippen LogP contribution in [0.5, 0.6) is 0 Å². The lowest BCUT2D eigenvalue weighted by Gasteiger charge is -2.39. The Balaban J connectivity index is 1.13. The first kappa shape index (κ1) is 24.5. The monoisotopic (exact) mass is 483 g/mol. The van der Waals surface area contributed by atoms with Crippen LogP contribution in [0.15, 0.2) is 24.4 Å². The normalized spacial score (nSPS) is 29.7. The van der Waals surface area contributed by atoms with Gasteiger partial charge < -0.3 is 20.0 Å². The van der Waals surface area contributed by atoms with Crippen LogP contribution in [0, 0.1) is 0 Å². The standard InChI is InChI=1S/C26H41N7O2/c1-29-12-8-20(9-13-29)33-14-10-22-25(33)26(35)28-19-21(30(22)2)6-7-24(34)32-17-15-31(16-18-32)23-5-3-4-11-27-23/h3-5,11,20-22,25H,6-10,12-19H2,1-2H3,(H,28,35)/t21-,22+,25-/m0/s1. The Kier molecular flexibility index (Phi) is 7.55. The van der Waals surface area contributed by atoms with E-state index in [-0.39, 0.29) is 29.9 Å². The number of rotatable bonds is 5. The lowest BCUT2D eigenvalue weighted by molar-refractivity contribution is -0.132. The van der Waals surface area contributed by atoms with E-state index in [4.69, 9.17) is 0 Å². The fraction of sp³-hybridized carbons (Fsp3) is 0.731. The summed E-state index contributed by atoms with van der Waals surface area (Å²) in [6, 6.07) is 6.83. The molecule has 1 N–H and O–H groups in total. The predicted molar refractivity (Wildman–Crippen MR) is 136 cm³/mol. The van der Waals surface area contributed by atoms with Crippen LogP contribution in [0.2, 0.25) is 0 Å². The number of fused-ring (bicyclic) bond motifs is 1. The van der Waals surface area contributed by atoms with E-state index < -0.39 is 0 Å². The topological polar surface area (TPSA) is 75.3 Å². The van der Waals surface area contributed by atoms with Crippen LogP contribution in [-0.4, -0.2) is 127 Å². The smallest absolute Gasteiger partial charge is 0.239 e. The molecule has 2 amide bonds. The molecule has 4 aliphatic rings. The van der Waals surface area contributed by atoms with Crippen molar-refractivity contribution in [2.24, 2.45) is 0 Å². The number of anilines is 1. The van der Waals surface area contributed by atoms with Gasteiger partial charge >= 0.3 is 0 Å². The minimum absolute atomic E-state index is 0.0613. The summed E-state index contributed by atoms with van der Waals surface area (Å²) < 4.78 is 0. The average molecular weight is 484 g/mol. The number of piperidine rings is 1. The molecule has 0 saturated carbocycles. The number of aromatic nitrogens is 1. The fourth-order valence-electron chi connectivity index (χ4n) is 6.50. The molecule has 1 aromatic heterocycles. The molecule has 0 spiro atoms. The zero-order valence-electron chi connectivity index (χ0n) is 21.3. The third-order valence-electron chi connectivity index (χ3n) is 8.74. The van der Waals surface area contributed by atoms with E-state index in [9.17, 15) is 9.59 Å². The molecule has 0 bridgehead atoms. The summed E-state index contributed by atoms with van der Waals surface area (Å²) in [4.78, 5) is 42.1. The third kappa shape index (κ3) is 5.32. The molecule has 5 rings (SSSR count). The van der Waals surface area contributed by atoms with E-state index in [2.05, 4.69) is 44.0 Å². The van der Waals surface area contributed by atoms with E-state index in [1.807, 2.05) is 29.3 Å². The van der Waals surface area contributed by atoms with Crippen molar-refractivity contribution in [2.75, 3.05) is 71.4 Å². The number of carbonyl (C=O) groups is 2. The number of likely N-dealkylation sites (tertiary alicyclic amines) is 2. The maximum atomic E-state index is 13.2. The minimum Gasteiger partial charge on any atom is -0.353 e. The SMILES string of the molecule is CN1CCC(N2CC[C@@H]3[C@H]2C(=O)NC[C@H](CCC(=O)N2CCN(c4ccccn4)CC2)N3C)CC1. The number of nitrogens with zero attached hydrogens (tertiary/aromatic N) is 6. The largest absolute Gasteiger partial charge is 0.353 e. The minimum atomic E-state index is -0.0613. The molecule has 192 valence electrons. The molecule has 0 aromatic carbocycles. The van der Waals surface area contributed by atoms with Gasteiger partial charge in [0.25, 0.3) is 0 Å². The fourth-order valence-corrected chi connectivity index (χ4v) is 6.50. The molecular weight excluding hydrogens is 442 g/mol. The Morgan fingerprint density at radius 1 is 1.03 bits per heavy atom. The number of pyridine rings is 1. The van der Waals surface area contributed by atoms with Gasteiger partial charge in [0.05, 0.1) is 0 Å². The van der Waals surface area contributed by atoms with Crippen molar-refractivity contribution in [3.8, 4) is 0 Å². The van der Waals surface area contributed by atoms with Gasteiger partial charge in [-0.2, -0.15) is 0 Å². The molecule has 3 atom stereocenters. The highest BCUT2D eigenvalue weighted by Gasteiger charge is 2.47. The summed E-state index contributed by atoms with van der Waals surface area (Å²) in [5.41, 5.74) is 0. The number of carbonyl (C=O) groups excluding carboxylic acids is 2. The van der Waals surface area contributed by atoms with Gasteiger partial charge in [0.2, 0.25) is 11.8 Å². The highest BCUT2D eigenvalue weighted by atomic mass is 16.2. The van der Waals surface area contributed by atoms with Crippen LogP contribution in [0.25, 0.3) is 0 Å². The van der Waals surface area contributed by atoms with Crippen LogP contribution >= 0.6 is 0 Å². The lowest BCUT2D eigenvalue weighted by Crippen LogP contribution is -2.54. The molecule has 9 heteroatoms. The quantitative estimate of drug-likeness (QED) is 0.653. The summed E-state index contributed by atoms with van der Waals surface area (Å²) in [6.45, 7) is 6.95. The molecular formula is C26H41N7O2. The van der Waals surface area contributed by atoms with Gasteiger partial charge in [-0.25, -0.2) is 4.98 Å². The summed E-state index contributed by atoms with van der Waals surface area (Å²) in [5, 5.41) is 3.23. The second-order valence-corrected chi connectivity index (χ2v) is 10.7. The summed E-state index contributed by atoms with van der Waals surface area (Å²) in [5.74, 6) is 1.39. The molecule has 0 aliphatic carbocycles. The van der Waals surface area contributed by atoms with Crippen LogP contribution in [0.1, 0.15) is 32.1 Å². The number of hydrogen-bond donors (Lipinski definition) is 1. The van der Waals surface area contributed by atoms with E-state index in [0.29, 0.717) is 19.0 Å². The van der Waals surface area contributed by atoms with Gasteiger partial charge in [-0.05, 0) is 65.0 Å². The number of hydrogen-bond acceptors (Lipinski definition) is 7. The lowest BCUT2D eigenvalue weighted by atomic mass is 10.0. The van der Waals surface area contributed by atoms with Crippen molar-refractivity contribution >= 4 is 17.6 Å². The molecule has 9 nitrogen and oxygen atoms in total. The maximum Gasteiger partial charge on any atom is 0.239 e. The van der Waals surface area contributed by atoms with E-state index in [1.165, 1.54) is 0 Å². The molecule has 35 heavy (non-hydrogen) atoms. The van der Waals surface area contributed by atoms with Crippen LogP contribution in [0.4, 0.5) is 5.82 Å². The average Bonchev–Trinajstić information content (AvgIpc) is 3.30. The Morgan fingerprint density at radius 3 is 2.51 bits per heavy atom. The number of nitrogens with one attached hydrogen (secondary N) is 1. The number of likely N-dealkylation sites (N-methyl/N-ethyl adjacent to an activating group) is 1. The van der Waals surface area contributed by atoms with Crippen molar-refractivity contribution < 1.29 is 9.59 Å². The Bertz CT molecular complexity index is 868. The van der Waals surface area contributed by atoms with Crippen LogP contribution in [-0.2, 0) is 9.59 Å². The molecule has 0 unspecified atom stereocenters. The second-order valence-electron chi connectivity index (χ2n) is 10.7. The zero-order chi connectivity index (χ0) is 24.4. The Hall–Kier alpha value is -2.23. The van der Waals surface area contributed by atoms with Crippen molar-refractivity contribution in [1.82, 2.24) is 29.9 Å². The van der Waals surface area contributed by atoms with Gasteiger partial charge in [-0.15, -0.1) is 0 Å². The van der Waals surface area contributed by atoms with Gasteiger partial charge in [0.15, 0.2) is 0 Å². The number of amides is 2. The Morgan fingerprint density at radius 2 is 1.80 bits per heavy atom. The summed E-state index contributed by atoms with van der Waals surface area (Å²) in [6.07, 6.45) is 6.44. The molecule has 5 heterocycles. The van der Waals surface area contributed by atoms with E-state index in [0.717, 1.165) is 77.3 Å². The molecule has 4 aliphatic heterocycles. The first-order valence-corrected chi connectivity index (χ1v) is 13.4. The van der Waals surface area contributed by atoms with Gasteiger partial charge in [-0.3, -0.25) is 19.4 Å². The van der Waals surface area contributed by atoms with Crippen LogP contribution < -0.4 is 10.2 Å². The van der Waals surface area contributed by atoms with Crippen LogP contribution in [0.3, 0.4) is 0 Å². The highest BCUT2D eigenvalue weighted by Crippen LogP contribution is 2.31. The second kappa shape index (κ2) is 10.8. The van der Waals surface area contributed by atoms with Crippen molar-refractivity contribution in [3.63, 3.8) is 0 Å². The highest BCUT2D eigenvalue weighted by molar-refractivity contribution is 5.83. The number of piperazine rings is 1. The summed E-state index contributed by atoms with van der Waals surface area (Å²) in [7, 11) is 4.35.